The summed E-state index contributed by atoms with van der Waals surface area (Å²) < 4.78 is 45.3. The van der Waals surface area contributed by atoms with E-state index in [1.807, 2.05) is 0 Å². The van der Waals surface area contributed by atoms with Gasteiger partial charge < -0.3 is 15.4 Å². The Morgan fingerprint density at radius 1 is 1.00 bits per heavy atom. The highest BCUT2D eigenvalue weighted by molar-refractivity contribution is 6.05. The van der Waals surface area contributed by atoms with Crippen LogP contribution in [0.1, 0.15) is 10.4 Å². The molecular formula is C19H14F3N3O2. The summed E-state index contributed by atoms with van der Waals surface area (Å²) in [5, 5.41) is 5.22. The van der Waals surface area contributed by atoms with Crippen LogP contribution in [-0.4, -0.2) is 18.0 Å². The number of halogens is 3. The number of amides is 1. The SMILES string of the molecule is COc1ccccc1NC(=O)c1ccnc(Nc2ccc(F)c(F)c2F)c1. The molecule has 2 N–H and O–H groups in total. The van der Waals surface area contributed by atoms with Crippen molar-refractivity contribution in [2.24, 2.45) is 0 Å². The van der Waals surface area contributed by atoms with Crippen molar-refractivity contribution in [3.05, 3.63) is 77.7 Å². The molecule has 3 rings (SSSR count). The number of benzene rings is 2. The second-order valence-corrected chi connectivity index (χ2v) is 5.43. The van der Waals surface area contributed by atoms with Crippen LogP contribution < -0.4 is 15.4 Å². The third kappa shape index (κ3) is 4.00. The Morgan fingerprint density at radius 3 is 2.56 bits per heavy atom. The molecule has 1 amide bonds. The summed E-state index contributed by atoms with van der Waals surface area (Å²) >= 11 is 0. The van der Waals surface area contributed by atoms with Gasteiger partial charge in [0.2, 0.25) is 0 Å². The van der Waals surface area contributed by atoms with Gasteiger partial charge in [-0.05, 0) is 36.4 Å². The molecule has 138 valence electrons. The fraction of sp³-hybridized carbons (Fsp3) is 0.0526. The van der Waals surface area contributed by atoms with Crippen LogP contribution in [0.5, 0.6) is 5.75 Å². The third-order valence-corrected chi connectivity index (χ3v) is 3.68. The first-order valence-corrected chi connectivity index (χ1v) is 7.80. The van der Waals surface area contributed by atoms with Gasteiger partial charge in [0.25, 0.3) is 5.91 Å². The number of para-hydroxylation sites is 2. The van der Waals surface area contributed by atoms with Gasteiger partial charge in [0.15, 0.2) is 17.5 Å². The number of rotatable bonds is 5. The van der Waals surface area contributed by atoms with Crippen molar-refractivity contribution in [1.82, 2.24) is 4.98 Å². The van der Waals surface area contributed by atoms with Crippen LogP contribution in [0.4, 0.5) is 30.4 Å². The molecule has 5 nitrogen and oxygen atoms in total. The van der Waals surface area contributed by atoms with Gasteiger partial charge in [-0.2, -0.15) is 0 Å². The Hall–Kier alpha value is -3.55. The molecule has 0 saturated carbocycles. The zero-order chi connectivity index (χ0) is 19.4. The van der Waals surface area contributed by atoms with Gasteiger partial charge in [0, 0.05) is 11.8 Å². The van der Waals surface area contributed by atoms with Crippen LogP contribution in [0.3, 0.4) is 0 Å². The molecule has 0 fully saturated rings. The van der Waals surface area contributed by atoms with E-state index < -0.39 is 23.4 Å². The number of aromatic nitrogens is 1. The van der Waals surface area contributed by atoms with Gasteiger partial charge in [-0.15, -0.1) is 0 Å². The lowest BCUT2D eigenvalue weighted by atomic mass is 10.2. The van der Waals surface area contributed by atoms with Crippen LogP contribution in [0.15, 0.2) is 54.7 Å². The first-order valence-electron chi connectivity index (χ1n) is 7.80. The predicted molar refractivity (Wildman–Crippen MR) is 94.8 cm³/mol. The van der Waals surface area contributed by atoms with Gasteiger partial charge in [-0.1, -0.05) is 12.1 Å². The van der Waals surface area contributed by atoms with E-state index in [-0.39, 0.29) is 17.1 Å². The van der Waals surface area contributed by atoms with Crippen LogP contribution in [0.2, 0.25) is 0 Å². The lowest BCUT2D eigenvalue weighted by molar-refractivity contribution is 0.102. The van der Waals surface area contributed by atoms with Crippen molar-refractivity contribution in [1.29, 1.82) is 0 Å². The average Bonchev–Trinajstić information content (AvgIpc) is 2.69. The first-order chi connectivity index (χ1) is 13.0. The first kappa shape index (κ1) is 18.2. The van der Waals surface area contributed by atoms with Crippen LogP contribution in [0.25, 0.3) is 0 Å². The minimum absolute atomic E-state index is 0.0904. The highest BCUT2D eigenvalue weighted by atomic mass is 19.2. The quantitative estimate of drug-likeness (QED) is 0.647. The van der Waals surface area contributed by atoms with E-state index in [4.69, 9.17) is 4.74 Å². The third-order valence-electron chi connectivity index (χ3n) is 3.68. The van der Waals surface area contributed by atoms with Crippen molar-refractivity contribution >= 4 is 23.1 Å². The maximum absolute atomic E-state index is 13.8. The summed E-state index contributed by atoms with van der Waals surface area (Å²) in [6, 6.07) is 11.5. The Kier molecular flexibility index (Phi) is 5.25. The van der Waals surface area contributed by atoms with E-state index >= 15 is 0 Å². The zero-order valence-electron chi connectivity index (χ0n) is 14.1. The lowest BCUT2D eigenvalue weighted by Gasteiger charge is -2.11. The minimum Gasteiger partial charge on any atom is -0.495 e. The molecule has 0 spiro atoms. The Bertz CT molecular complexity index is 996. The van der Waals surface area contributed by atoms with Gasteiger partial charge in [0.05, 0.1) is 18.5 Å². The number of hydrogen-bond acceptors (Lipinski definition) is 4. The van der Waals surface area contributed by atoms with E-state index in [9.17, 15) is 18.0 Å². The summed E-state index contributed by atoms with van der Waals surface area (Å²) in [5.41, 5.74) is 0.396. The fourth-order valence-corrected chi connectivity index (χ4v) is 2.34. The molecule has 0 aliphatic rings. The average molecular weight is 373 g/mol. The van der Waals surface area contributed by atoms with Crippen molar-refractivity contribution in [3.8, 4) is 5.75 Å². The molecule has 0 radical (unpaired) electrons. The van der Waals surface area contributed by atoms with E-state index in [2.05, 4.69) is 15.6 Å². The van der Waals surface area contributed by atoms with Crippen LogP contribution in [0, 0.1) is 17.5 Å². The summed E-state index contributed by atoms with van der Waals surface area (Å²) in [6.07, 6.45) is 1.33. The van der Waals surface area contributed by atoms with Crippen molar-refractivity contribution in [3.63, 3.8) is 0 Å². The Labute approximate surface area is 152 Å². The zero-order valence-corrected chi connectivity index (χ0v) is 14.1. The molecule has 0 saturated heterocycles. The van der Waals surface area contributed by atoms with Gasteiger partial charge in [-0.25, -0.2) is 18.2 Å². The number of hydrogen-bond donors (Lipinski definition) is 2. The van der Waals surface area contributed by atoms with Crippen LogP contribution in [-0.2, 0) is 0 Å². The van der Waals surface area contributed by atoms with Gasteiger partial charge in [-0.3, -0.25) is 4.79 Å². The van der Waals surface area contributed by atoms with Gasteiger partial charge >= 0.3 is 0 Å². The molecule has 8 heteroatoms. The van der Waals surface area contributed by atoms with E-state index in [1.165, 1.54) is 25.4 Å². The number of anilines is 3. The molecule has 0 aliphatic heterocycles. The van der Waals surface area contributed by atoms with E-state index in [0.717, 1.165) is 12.1 Å². The largest absolute Gasteiger partial charge is 0.495 e. The number of methoxy groups -OCH3 is 1. The number of nitrogens with zero attached hydrogens (tertiary/aromatic N) is 1. The summed E-state index contributed by atoms with van der Waals surface area (Å²) in [5.74, 6) is -4.13. The summed E-state index contributed by atoms with van der Waals surface area (Å²) in [7, 11) is 1.48. The standard InChI is InChI=1S/C19H14F3N3O2/c1-27-15-5-3-2-4-13(15)25-19(26)11-8-9-23-16(10-11)24-14-7-6-12(20)17(21)18(14)22/h2-10H,1H3,(H,23,24)(H,25,26). The topological polar surface area (TPSA) is 63.2 Å². The molecule has 1 aromatic heterocycles. The normalized spacial score (nSPS) is 10.4. The number of carbonyl (C=O) groups excluding carboxylic acids is 1. The molecule has 0 atom stereocenters. The number of nitrogens with one attached hydrogen (secondary N) is 2. The maximum Gasteiger partial charge on any atom is 0.255 e. The van der Waals surface area contributed by atoms with E-state index in [1.54, 1.807) is 24.3 Å². The second kappa shape index (κ2) is 7.77. The maximum atomic E-state index is 13.8. The summed E-state index contributed by atoms with van der Waals surface area (Å²) in [6.45, 7) is 0. The lowest BCUT2D eigenvalue weighted by Crippen LogP contribution is -2.13. The smallest absolute Gasteiger partial charge is 0.255 e. The van der Waals surface area contributed by atoms with Crippen molar-refractivity contribution < 1.29 is 22.7 Å². The van der Waals surface area contributed by atoms with Crippen molar-refractivity contribution in [2.75, 3.05) is 17.7 Å². The molecule has 0 aliphatic carbocycles. The summed E-state index contributed by atoms with van der Waals surface area (Å²) in [4.78, 5) is 16.4. The number of carbonyl (C=O) groups is 1. The molecule has 1 heterocycles. The molecule has 0 unspecified atom stereocenters. The van der Waals surface area contributed by atoms with E-state index in [0.29, 0.717) is 11.4 Å². The van der Waals surface area contributed by atoms with Crippen LogP contribution >= 0.6 is 0 Å². The molecule has 27 heavy (non-hydrogen) atoms. The minimum atomic E-state index is -1.59. The monoisotopic (exact) mass is 373 g/mol. The van der Waals surface area contributed by atoms with Crippen molar-refractivity contribution in [2.45, 2.75) is 0 Å². The number of ether oxygens (including phenoxy) is 1. The number of pyridine rings is 1. The van der Waals surface area contributed by atoms with Gasteiger partial charge in [0.1, 0.15) is 11.6 Å². The molecule has 2 aromatic carbocycles. The second-order valence-electron chi connectivity index (χ2n) is 5.43. The Balaban J connectivity index is 1.81. The molecule has 3 aromatic rings. The Morgan fingerprint density at radius 2 is 1.78 bits per heavy atom. The predicted octanol–water partition coefficient (Wildman–Crippen LogP) is 4.50. The fourth-order valence-electron chi connectivity index (χ4n) is 2.34. The highest BCUT2D eigenvalue weighted by Crippen LogP contribution is 2.25. The molecular weight excluding hydrogens is 359 g/mol. The highest BCUT2D eigenvalue weighted by Gasteiger charge is 2.15. The molecule has 0 bridgehead atoms.